The first-order chi connectivity index (χ1) is 21.0. The lowest BCUT2D eigenvalue weighted by Gasteiger charge is -2.28. The molecular weight excluding hydrogens is 549 g/mol. The van der Waals surface area contributed by atoms with Crippen molar-refractivity contribution in [3.63, 3.8) is 0 Å². The number of ether oxygens (including phenoxy) is 1. The Bertz CT molecular complexity index is 1940. The molecule has 5 nitrogen and oxygen atoms in total. The second kappa shape index (κ2) is 11.0. The molecule has 7 rings (SSSR count). The number of nitrogens with zero attached hydrogens (tertiary/aromatic N) is 3. The predicted octanol–water partition coefficient (Wildman–Crippen LogP) is 8.92. The summed E-state index contributed by atoms with van der Waals surface area (Å²) in [7, 11) is 0. The number of hydrogen-bond donors (Lipinski definition) is 1. The van der Waals surface area contributed by atoms with Crippen molar-refractivity contribution in [3.05, 3.63) is 150 Å². The molecule has 0 spiro atoms. The topological polar surface area (TPSA) is 42.3 Å². The quantitative estimate of drug-likeness (QED) is 0.199. The molecule has 212 valence electrons. The van der Waals surface area contributed by atoms with Gasteiger partial charge in [0, 0.05) is 28.7 Å². The summed E-state index contributed by atoms with van der Waals surface area (Å²) in [6.45, 7) is 6.43. The van der Waals surface area contributed by atoms with E-state index < -0.39 is 0 Å². The minimum Gasteiger partial charge on any atom is -0.457 e. The van der Waals surface area contributed by atoms with Crippen molar-refractivity contribution in [2.24, 2.45) is 0 Å². The van der Waals surface area contributed by atoms with Crippen LogP contribution in [0.15, 0.2) is 121 Å². The van der Waals surface area contributed by atoms with E-state index >= 15 is 0 Å². The predicted molar refractivity (Wildman–Crippen MR) is 178 cm³/mol. The number of benzene rings is 4. The Kier molecular flexibility index (Phi) is 6.92. The number of nitrogens with one attached hydrogen (secondary N) is 1. The lowest BCUT2D eigenvalue weighted by molar-refractivity contribution is 0.479. The molecule has 4 aromatic carbocycles. The maximum atomic E-state index is 6.20. The summed E-state index contributed by atoms with van der Waals surface area (Å²) < 4.78 is 8.56. The molecule has 1 aliphatic rings. The van der Waals surface area contributed by atoms with Crippen LogP contribution in [0.5, 0.6) is 11.5 Å². The van der Waals surface area contributed by atoms with Crippen LogP contribution in [0.4, 0.5) is 5.69 Å². The average Bonchev–Trinajstić information content (AvgIpc) is 3.53. The second-order valence-corrected chi connectivity index (χ2v) is 11.4. The van der Waals surface area contributed by atoms with E-state index in [1.807, 2.05) is 48.7 Å². The number of pyridine rings is 1. The number of anilines is 1. The normalized spacial score (nSPS) is 16.4. The number of para-hydroxylation sites is 1. The van der Waals surface area contributed by atoms with Gasteiger partial charge in [-0.2, -0.15) is 0 Å². The lowest BCUT2D eigenvalue weighted by Crippen LogP contribution is -2.29. The van der Waals surface area contributed by atoms with Gasteiger partial charge in [-0.25, -0.2) is 0 Å². The van der Waals surface area contributed by atoms with Crippen LogP contribution in [0.3, 0.4) is 0 Å². The maximum Gasteiger partial charge on any atom is 0.174 e. The molecular formula is C37H32N4OS. The number of hydrogen-bond acceptors (Lipinski definition) is 3. The van der Waals surface area contributed by atoms with E-state index in [1.54, 1.807) is 0 Å². The van der Waals surface area contributed by atoms with Crippen LogP contribution in [0.25, 0.3) is 16.5 Å². The van der Waals surface area contributed by atoms with E-state index in [0.29, 0.717) is 5.11 Å². The molecule has 43 heavy (non-hydrogen) atoms. The highest BCUT2D eigenvalue weighted by atomic mass is 32.1. The highest BCUT2D eigenvalue weighted by molar-refractivity contribution is 7.80. The van der Waals surface area contributed by atoms with Crippen molar-refractivity contribution in [2.75, 3.05) is 4.90 Å². The van der Waals surface area contributed by atoms with Crippen molar-refractivity contribution >= 4 is 33.8 Å². The summed E-state index contributed by atoms with van der Waals surface area (Å²) in [4.78, 5) is 6.97. The molecule has 1 saturated heterocycles. The van der Waals surface area contributed by atoms with E-state index in [2.05, 4.69) is 108 Å². The molecule has 0 aliphatic carbocycles. The second-order valence-electron chi connectivity index (χ2n) is 11.0. The summed E-state index contributed by atoms with van der Waals surface area (Å²) in [5.74, 6) is 1.63. The standard InChI is InChI=1S/C37H32N4OS/c1-24-11-4-7-17-34(24)42-29-20-18-28(19-21-29)41-36(35(39-37(41)43)32-15-8-9-22-38-32)31-23-25(2)40(26(31)3)33-16-10-13-27-12-5-6-14-30(27)33/h4-23,35-36H,1-3H3,(H,39,43). The van der Waals surface area contributed by atoms with Gasteiger partial charge in [-0.3, -0.25) is 4.98 Å². The van der Waals surface area contributed by atoms with Gasteiger partial charge in [-0.1, -0.05) is 60.7 Å². The fraction of sp³-hybridized carbons (Fsp3) is 0.135. The molecule has 0 amide bonds. The minimum absolute atomic E-state index is 0.111. The van der Waals surface area contributed by atoms with Crippen LogP contribution in [0.2, 0.25) is 0 Å². The molecule has 2 atom stereocenters. The molecule has 1 N–H and O–H groups in total. The molecule has 3 heterocycles. The molecule has 0 saturated carbocycles. The third-order valence-electron chi connectivity index (χ3n) is 8.33. The van der Waals surface area contributed by atoms with Gasteiger partial charge in [0.15, 0.2) is 5.11 Å². The third kappa shape index (κ3) is 4.84. The van der Waals surface area contributed by atoms with Gasteiger partial charge in [-0.15, -0.1) is 0 Å². The van der Waals surface area contributed by atoms with E-state index in [4.69, 9.17) is 21.9 Å². The summed E-state index contributed by atoms with van der Waals surface area (Å²) in [5.41, 5.74) is 7.76. The number of thiocarbonyl (C=S) groups is 1. The van der Waals surface area contributed by atoms with Gasteiger partial charge in [0.05, 0.1) is 23.5 Å². The molecule has 0 bridgehead atoms. The highest BCUT2D eigenvalue weighted by Crippen LogP contribution is 2.44. The zero-order chi connectivity index (χ0) is 29.5. The molecule has 0 radical (unpaired) electrons. The van der Waals surface area contributed by atoms with Gasteiger partial charge in [0.25, 0.3) is 0 Å². The Hall–Kier alpha value is -4.94. The number of rotatable bonds is 6. The van der Waals surface area contributed by atoms with Crippen LogP contribution < -0.4 is 15.0 Å². The Morgan fingerprint density at radius 1 is 0.791 bits per heavy atom. The largest absolute Gasteiger partial charge is 0.457 e. The third-order valence-corrected chi connectivity index (χ3v) is 8.65. The van der Waals surface area contributed by atoms with Crippen molar-refractivity contribution in [1.82, 2.24) is 14.9 Å². The molecule has 2 aromatic heterocycles. The maximum absolute atomic E-state index is 6.20. The van der Waals surface area contributed by atoms with E-state index in [1.165, 1.54) is 33.4 Å². The first kappa shape index (κ1) is 26.9. The summed E-state index contributed by atoms with van der Waals surface area (Å²) in [5, 5.41) is 6.72. The summed E-state index contributed by atoms with van der Waals surface area (Å²) in [6.07, 6.45) is 1.84. The van der Waals surface area contributed by atoms with Crippen molar-refractivity contribution in [1.29, 1.82) is 0 Å². The first-order valence-electron chi connectivity index (χ1n) is 14.5. The Balaban J connectivity index is 1.32. The summed E-state index contributed by atoms with van der Waals surface area (Å²) >= 11 is 6.02. The van der Waals surface area contributed by atoms with Gasteiger partial charge >= 0.3 is 0 Å². The molecule has 1 fully saturated rings. The number of fused-ring (bicyclic) bond motifs is 1. The zero-order valence-electron chi connectivity index (χ0n) is 24.4. The molecule has 6 aromatic rings. The SMILES string of the molecule is Cc1ccccc1Oc1ccc(N2C(=S)NC(c3ccccn3)C2c2cc(C)n(-c3cccc4ccccc34)c2C)cc1. The van der Waals surface area contributed by atoms with Crippen molar-refractivity contribution < 1.29 is 4.74 Å². The van der Waals surface area contributed by atoms with Crippen LogP contribution in [0.1, 0.15) is 40.3 Å². The minimum atomic E-state index is -0.127. The summed E-state index contributed by atoms with van der Waals surface area (Å²) in [6, 6.07) is 39.4. The van der Waals surface area contributed by atoms with Crippen molar-refractivity contribution in [3.8, 4) is 17.2 Å². The van der Waals surface area contributed by atoms with Gasteiger partial charge < -0.3 is 19.5 Å². The zero-order valence-corrected chi connectivity index (χ0v) is 25.2. The van der Waals surface area contributed by atoms with Gasteiger partial charge in [0.1, 0.15) is 11.5 Å². The van der Waals surface area contributed by atoms with Crippen LogP contribution in [-0.4, -0.2) is 14.7 Å². The van der Waals surface area contributed by atoms with E-state index in [9.17, 15) is 0 Å². The molecule has 2 unspecified atom stereocenters. The van der Waals surface area contributed by atoms with Crippen LogP contribution >= 0.6 is 12.2 Å². The smallest absolute Gasteiger partial charge is 0.174 e. The average molecular weight is 581 g/mol. The Labute approximate surface area is 257 Å². The first-order valence-corrected chi connectivity index (χ1v) is 14.9. The van der Waals surface area contributed by atoms with Crippen molar-refractivity contribution in [2.45, 2.75) is 32.9 Å². The van der Waals surface area contributed by atoms with Gasteiger partial charge in [-0.05, 0) is 104 Å². The fourth-order valence-electron chi connectivity index (χ4n) is 6.28. The lowest BCUT2D eigenvalue weighted by atomic mass is 9.96. The van der Waals surface area contributed by atoms with E-state index in [-0.39, 0.29) is 12.1 Å². The fourth-order valence-corrected chi connectivity index (χ4v) is 6.63. The van der Waals surface area contributed by atoms with Crippen LogP contribution in [0, 0.1) is 20.8 Å². The Morgan fingerprint density at radius 2 is 1.53 bits per heavy atom. The number of aromatic nitrogens is 2. The van der Waals surface area contributed by atoms with E-state index in [0.717, 1.165) is 28.4 Å². The Morgan fingerprint density at radius 3 is 2.33 bits per heavy atom. The highest BCUT2D eigenvalue weighted by Gasteiger charge is 2.42. The van der Waals surface area contributed by atoms with Crippen LogP contribution in [-0.2, 0) is 0 Å². The molecule has 1 aliphatic heterocycles. The van der Waals surface area contributed by atoms with Gasteiger partial charge in [0.2, 0.25) is 0 Å². The molecule has 6 heteroatoms. The monoisotopic (exact) mass is 580 g/mol. The number of aryl methyl sites for hydroxylation is 2.